The summed E-state index contributed by atoms with van der Waals surface area (Å²) in [5, 5.41) is 17.8. The van der Waals surface area contributed by atoms with Crippen LogP contribution in [0.15, 0.2) is 30.6 Å². The van der Waals surface area contributed by atoms with Gasteiger partial charge in [0, 0.05) is 47.0 Å². The van der Waals surface area contributed by atoms with Gasteiger partial charge in [0.05, 0.1) is 11.4 Å². The van der Waals surface area contributed by atoms with Gasteiger partial charge in [-0.3, -0.25) is 20.0 Å². The smallest absolute Gasteiger partial charge is 0.226 e. The molecular formula is C18H20N6O. The highest BCUT2D eigenvalue weighted by molar-refractivity contribution is 5.95. The first kappa shape index (κ1) is 15.6. The second-order valence-electron chi connectivity index (χ2n) is 7.37. The van der Waals surface area contributed by atoms with Crippen LogP contribution in [0.4, 0.5) is 5.82 Å². The van der Waals surface area contributed by atoms with E-state index in [0.717, 1.165) is 28.2 Å². The molecule has 0 saturated carbocycles. The zero-order valence-corrected chi connectivity index (χ0v) is 14.4. The van der Waals surface area contributed by atoms with E-state index in [1.807, 2.05) is 18.2 Å². The Morgan fingerprint density at radius 1 is 1.20 bits per heavy atom. The zero-order chi connectivity index (χ0) is 17.6. The zero-order valence-electron chi connectivity index (χ0n) is 14.4. The van der Waals surface area contributed by atoms with Crippen molar-refractivity contribution in [2.45, 2.75) is 38.5 Å². The van der Waals surface area contributed by atoms with Gasteiger partial charge in [0.25, 0.3) is 0 Å². The molecule has 0 aliphatic carbocycles. The number of amides is 1. The predicted molar refractivity (Wildman–Crippen MR) is 94.2 cm³/mol. The van der Waals surface area contributed by atoms with Crippen molar-refractivity contribution >= 4 is 11.7 Å². The number of carbonyl (C=O) groups is 1. The number of anilines is 1. The van der Waals surface area contributed by atoms with Gasteiger partial charge < -0.3 is 5.32 Å². The second-order valence-corrected chi connectivity index (χ2v) is 7.37. The molecule has 1 aliphatic heterocycles. The molecule has 128 valence electrons. The van der Waals surface area contributed by atoms with Gasteiger partial charge in [-0.25, -0.2) is 0 Å². The van der Waals surface area contributed by atoms with Crippen LogP contribution >= 0.6 is 0 Å². The number of aromatic amines is 2. The number of pyridine rings is 1. The Bertz CT molecular complexity index is 919. The summed E-state index contributed by atoms with van der Waals surface area (Å²) in [4.78, 5) is 16.3. The lowest BCUT2D eigenvalue weighted by Gasteiger charge is -2.22. The fourth-order valence-electron chi connectivity index (χ4n) is 3.15. The van der Waals surface area contributed by atoms with Gasteiger partial charge in [0.2, 0.25) is 5.91 Å². The van der Waals surface area contributed by atoms with Gasteiger partial charge in [-0.2, -0.15) is 10.2 Å². The first-order valence-corrected chi connectivity index (χ1v) is 8.28. The van der Waals surface area contributed by atoms with Gasteiger partial charge in [-0.15, -0.1) is 0 Å². The predicted octanol–water partition coefficient (Wildman–Crippen LogP) is 2.97. The van der Waals surface area contributed by atoms with Crippen molar-refractivity contribution in [1.82, 2.24) is 25.4 Å². The Balaban J connectivity index is 1.82. The van der Waals surface area contributed by atoms with Crippen LogP contribution in [0.3, 0.4) is 0 Å². The number of H-pyrrole nitrogens is 2. The number of carbonyl (C=O) groups excluding carboxylic acids is 1. The molecule has 4 rings (SSSR count). The van der Waals surface area contributed by atoms with Crippen molar-refractivity contribution in [1.29, 1.82) is 0 Å². The Labute approximate surface area is 145 Å². The van der Waals surface area contributed by atoms with E-state index in [1.165, 1.54) is 0 Å². The van der Waals surface area contributed by atoms with Crippen molar-refractivity contribution in [3.8, 4) is 11.3 Å². The molecule has 3 aromatic rings. The van der Waals surface area contributed by atoms with Gasteiger partial charge in [-0.05, 0) is 18.2 Å². The molecule has 3 aromatic heterocycles. The minimum Gasteiger partial charge on any atom is -0.309 e. The van der Waals surface area contributed by atoms with Crippen LogP contribution in [0.25, 0.3) is 11.3 Å². The fourth-order valence-corrected chi connectivity index (χ4v) is 3.15. The molecule has 0 radical (unpaired) electrons. The summed E-state index contributed by atoms with van der Waals surface area (Å²) < 4.78 is 0. The molecule has 0 unspecified atom stereocenters. The van der Waals surface area contributed by atoms with E-state index in [4.69, 9.17) is 0 Å². The Morgan fingerprint density at radius 3 is 2.72 bits per heavy atom. The van der Waals surface area contributed by atoms with Crippen LogP contribution in [-0.4, -0.2) is 31.3 Å². The quantitative estimate of drug-likeness (QED) is 0.670. The van der Waals surface area contributed by atoms with E-state index >= 15 is 0 Å². The molecule has 0 aromatic carbocycles. The van der Waals surface area contributed by atoms with Crippen molar-refractivity contribution < 1.29 is 4.79 Å². The second kappa shape index (κ2) is 5.54. The van der Waals surface area contributed by atoms with E-state index < -0.39 is 0 Å². The Hall–Kier alpha value is -2.96. The lowest BCUT2D eigenvalue weighted by Crippen LogP contribution is -2.23. The maximum Gasteiger partial charge on any atom is 0.226 e. The highest BCUT2D eigenvalue weighted by Gasteiger charge is 2.33. The van der Waals surface area contributed by atoms with E-state index in [-0.39, 0.29) is 17.2 Å². The molecule has 7 heteroatoms. The largest absolute Gasteiger partial charge is 0.309 e. The third kappa shape index (κ3) is 2.71. The van der Waals surface area contributed by atoms with Crippen LogP contribution in [0, 0.1) is 0 Å². The summed E-state index contributed by atoms with van der Waals surface area (Å²) >= 11 is 0. The number of aromatic nitrogens is 5. The molecule has 0 bridgehead atoms. The summed E-state index contributed by atoms with van der Waals surface area (Å²) in [5.74, 6) is 0.405. The van der Waals surface area contributed by atoms with E-state index in [1.54, 1.807) is 12.4 Å². The number of hydrogen-bond acceptors (Lipinski definition) is 4. The van der Waals surface area contributed by atoms with Crippen LogP contribution in [0.2, 0.25) is 0 Å². The molecule has 1 atom stereocenters. The highest BCUT2D eigenvalue weighted by atomic mass is 16.1. The number of rotatable bonds is 2. The average molecular weight is 336 g/mol. The Morgan fingerprint density at radius 2 is 2.04 bits per heavy atom. The van der Waals surface area contributed by atoms with Gasteiger partial charge in [-0.1, -0.05) is 20.8 Å². The van der Waals surface area contributed by atoms with Crippen molar-refractivity contribution in [3.05, 3.63) is 47.5 Å². The third-order valence-corrected chi connectivity index (χ3v) is 4.49. The molecule has 0 saturated heterocycles. The van der Waals surface area contributed by atoms with Crippen LogP contribution in [0.1, 0.15) is 50.1 Å². The number of nitrogens with one attached hydrogen (secondary N) is 3. The molecule has 4 heterocycles. The maximum absolute atomic E-state index is 12.1. The molecule has 1 aliphatic rings. The first-order chi connectivity index (χ1) is 11.9. The Kier molecular flexibility index (Phi) is 3.45. The topological polar surface area (TPSA) is 99.4 Å². The van der Waals surface area contributed by atoms with Crippen LogP contribution in [-0.2, 0) is 10.2 Å². The van der Waals surface area contributed by atoms with Gasteiger partial charge >= 0.3 is 0 Å². The SMILES string of the molecule is CC(C)(C)c1cc([C@@H]2CC(=O)Nc3n[nH]c(-c4cccnc4)c32)[nH]n1. The molecule has 0 spiro atoms. The van der Waals surface area contributed by atoms with Crippen molar-refractivity contribution in [3.63, 3.8) is 0 Å². The van der Waals surface area contributed by atoms with Crippen LogP contribution < -0.4 is 5.32 Å². The van der Waals surface area contributed by atoms with Gasteiger partial charge in [0.15, 0.2) is 5.82 Å². The first-order valence-electron chi connectivity index (χ1n) is 8.28. The minimum absolute atomic E-state index is 0.0476. The standard InChI is InChI=1S/C18H20N6O/c1-18(2,3)13-8-12(21-22-13)11-7-14(25)20-17-15(11)16(23-24-17)10-5-4-6-19-9-10/h4-6,8-9,11H,7H2,1-3H3,(H,21,22)(H2,20,23,24,25)/t11-/m0/s1. The summed E-state index contributed by atoms with van der Waals surface area (Å²) in [7, 11) is 0. The number of fused-ring (bicyclic) bond motifs is 1. The molecule has 25 heavy (non-hydrogen) atoms. The highest BCUT2D eigenvalue weighted by Crippen LogP contribution is 2.41. The molecule has 3 N–H and O–H groups in total. The lowest BCUT2D eigenvalue weighted by molar-refractivity contribution is -0.116. The lowest BCUT2D eigenvalue weighted by atomic mass is 9.86. The van der Waals surface area contributed by atoms with Gasteiger partial charge in [0.1, 0.15) is 0 Å². The number of nitrogens with zero attached hydrogens (tertiary/aromatic N) is 3. The summed E-state index contributed by atoms with van der Waals surface area (Å²) in [6.07, 6.45) is 3.87. The number of hydrogen-bond donors (Lipinski definition) is 3. The molecule has 1 amide bonds. The third-order valence-electron chi connectivity index (χ3n) is 4.49. The molecular weight excluding hydrogens is 316 g/mol. The summed E-state index contributed by atoms with van der Waals surface area (Å²) in [5.41, 5.74) is 4.62. The fraction of sp³-hybridized carbons (Fsp3) is 0.333. The summed E-state index contributed by atoms with van der Waals surface area (Å²) in [6, 6.07) is 5.90. The van der Waals surface area contributed by atoms with E-state index in [2.05, 4.69) is 51.5 Å². The molecule has 7 nitrogen and oxygen atoms in total. The monoisotopic (exact) mass is 336 g/mol. The van der Waals surface area contributed by atoms with E-state index in [0.29, 0.717) is 12.2 Å². The molecule has 0 fully saturated rings. The van der Waals surface area contributed by atoms with Crippen molar-refractivity contribution in [2.75, 3.05) is 5.32 Å². The maximum atomic E-state index is 12.1. The summed E-state index contributed by atoms with van der Waals surface area (Å²) in [6.45, 7) is 6.35. The van der Waals surface area contributed by atoms with Crippen molar-refractivity contribution in [2.24, 2.45) is 0 Å². The van der Waals surface area contributed by atoms with E-state index in [9.17, 15) is 4.79 Å². The minimum atomic E-state index is -0.124. The normalized spacial score (nSPS) is 17.2. The average Bonchev–Trinajstić information content (AvgIpc) is 3.21. The van der Waals surface area contributed by atoms with Crippen LogP contribution in [0.5, 0.6) is 0 Å².